The topological polar surface area (TPSA) is 29.9 Å². The normalized spacial score (nSPS) is 12.6. The third kappa shape index (κ3) is 3.27. The summed E-state index contributed by atoms with van der Waals surface area (Å²) in [5.41, 5.74) is 2.44. The lowest BCUT2D eigenvalue weighted by molar-refractivity contribution is 0.533. The Morgan fingerprint density at radius 2 is 2.05 bits per heavy atom. The number of aryl methyl sites for hydroxylation is 1. The molecule has 1 aromatic carbocycles. The molecule has 0 radical (unpaired) electrons. The van der Waals surface area contributed by atoms with Crippen LogP contribution in [0.5, 0.6) is 0 Å². The minimum Gasteiger partial charge on any atom is -0.308 e. The second-order valence-electron chi connectivity index (χ2n) is 4.60. The van der Waals surface area contributed by atoms with E-state index < -0.39 is 0 Å². The average molecular weight is 354 g/mol. The maximum atomic E-state index is 4.46. The molecule has 5 heteroatoms. The first-order valence-electron chi connectivity index (χ1n) is 6.73. The Balaban J connectivity index is 2.38. The van der Waals surface area contributed by atoms with Crippen molar-refractivity contribution >= 4 is 27.7 Å². The molecule has 1 heterocycles. The van der Waals surface area contributed by atoms with Crippen molar-refractivity contribution in [1.82, 2.24) is 15.1 Å². The van der Waals surface area contributed by atoms with Crippen LogP contribution < -0.4 is 5.32 Å². The molecule has 1 unspecified atom stereocenters. The predicted octanol–water partition coefficient (Wildman–Crippen LogP) is 4.09. The van der Waals surface area contributed by atoms with Crippen molar-refractivity contribution in [3.63, 3.8) is 0 Å². The van der Waals surface area contributed by atoms with Crippen molar-refractivity contribution < 1.29 is 0 Å². The van der Waals surface area contributed by atoms with E-state index in [1.807, 2.05) is 13.2 Å². The fourth-order valence-electron chi connectivity index (χ4n) is 2.31. The van der Waals surface area contributed by atoms with Gasteiger partial charge in [0, 0.05) is 11.4 Å². The second kappa shape index (κ2) is 7.29. The fraction of sp³-hybridized carbons (Fsp3) is 0.400. The zero-order valence-corrected chi connectivity index (χ0v) is 14.5. The van der Waals surface area contributed by atoms with Crippen LogP contribution in [0.2, 0.25) is 0 Å². The number of halogens is 1. The Kier molecular flexibility index (Phi) is 5.69. The van der Waals surface area contributed by atoms with E-state index in [0.29, 0.717) is 0 Å². The summed E-state index contributed by atoms with van der Waals surface area (Å²) in [5, 5.41) is 7.86. The molecule has 108 valence electrons. The van der Waals surface area contributed by atoms with E-state index in [-0.39, 0.29) is 6.04 Å². The fourth-order valence-corrected chi connectivity index (χ4v) is 3.24. The summed E-state index contributed by atoms with van der Waals surface area (Å²) in [6.07, 6.45) is 5.05. The van der Waals surface area contributed by atoms with Gasteiger partial charge in [0.25, 0.3) is 0 Å². The van der Waals surface area contributed by atoms with Crippen molar-refractivity contribution in [2.24, 2.45) is 0 Å². The van der Waals surface area contributed by atoms with Gasteiger partial charge < -0.3 is 5.32 Å². The smallest absolute Gasteiger partial charge is 0.0757 e. The summed E-state index contributed by atoms with van der Waals surface area (Å²) in [4.78, 5) is 1.28. The van der Waals surface area contributed by atoms with E-state index in [2.05, 4.69) is 68.5 Å². The van der Waals surface area contributed by atoms with Gasteiger partial charge in [-0.1, -0.05) is 19.1 Å². The maximum Gasteiger partial charge on any atom is 0.0757 e. The zero-order valence-electron chi connectivity index (χ0n) is 12.1. The van der Waals surface area contributed by atoms with Gasteiger partial charge in [-0.3, -0.25) is 4.68 Å². The third-order valence-corrected chi connectivity index (χ3v) is 4.63. The molecule has 0 saturated carbocycles. The molecule has 1 aromatic heterocycles. The molecule has 0 aliphatic rings. The molecule has 0 aliphatic heterocycles. The number of benzene rings is 1. The Morgan fingerprint density at radius 1 is 1.35 bits per heavy atom. The first-order valence-corrected chi connectivity index (χ1v) is 8.75. The molecule has 1 atom stereocenters. The molecule has 0 spiro atoms. The first kappa shape index (κ1) is 15.6. The number of nitrogens with zero attached hydrogens (tertiary/aromatic N) is 2. The largest absolute Gasteiger partial charge is 0.308 e. The van der Waals surface area contributed by atoms with E-state index >= 15 is 0 Å². The maximum absolute atomic E-state index is 4.46. The van der Waals surface area contributed by atoms with Crippen molar-refractivity contribution in [1.29, 1.82) is 0 Å². The Bertz CT molecular complexity index is 551. The van der Waals surface area contributed by atoms with Gasteiger partial charge in [-0.2, -0.15) is 5.10 Å². The summed E-state index contributed by atoms with van der Waals surface area (Å²) in [7, 11) is 1.99. The van der Waals surface area contributed by atoms with Crippen LogP contribution in [0.15, 0.2) is 39.8 Å². The van der Waals surface area contributed by atoms with Gasteiger partial charge in [0.05, 0.1) is 22.4 Å². The molecule has 0 saturated heterocycles. The molecule has 2 rings (SSSR count). The molecule has 0 bridgehead atoms. The summed E-state index contributed by atoms with van der Waals surface area (Å²) in [6.45, 7) is 3.10. The molecule has 0 fully saturated rings. The van der Waals surface area contributed by atoms with E-state index in [0.717, 1.165) is 17.4 Å². The van der Waals surface area contributed by atoms with Crippen LogP contribution in [0.4, 0.5) is 0 Å². The highest BCUT2D eigenvalue weighted by Gasteiger charge is 2.20. The third-order valence-electron chi connectivity index (χ3n) is 3.28. The van der Waals surface area contributed by atoms with Crippen LogP contribution in [0.1, 0.15) is 30.6 Å². The van der Waals surface area contributed by atoms with Gasteiger partial charge in [0.1, 0.15) is 0 Å². The minimum absolute atomic E-state index is 0.148. The molecule has 1 N–H and O–H groups in total. The van der Waals surface area contributed by atoms with E-state index in [9.17, 15) is 0 Å². The Hall–Kier alpha value is -0.780. The van der Waals surface area contributed by atoms with Gasteiger partial charge >= 0.3 is 0 Å². The van der Waals surface area contributed by atoms with Crippen LogP contribution in [-0.4, -0.2) is 23.1 Å². The Morgan fingerprint density at radius 3 is 2.60 bits per heavy atom. The summed E-state index contributed by atoms with van der Waals surface area (Å²) in [6, 6.07) is 8.84. The number of hydrogen-bond donors (Lipinski definition) is 1. The molecular formula is C15H20BrN3S. The molecule has 0 aliphatic carbocycles. The molecule has 0 amide bonds. The van der Waals surface area contributed by atoms with Crippen molar-refractivity contribution in [3.8, 4) is 0 Å². The SMILES string of the molecule is CCCn1ncc(Br)c1C(NC)c1ccc(SC)cc1. The predicted molar refractivity (Wildman–Crippen MR) is 89.3 cm³/mol. The van der Waals surface area contributed by atoms with Crippen LogP contribution in [0, 0.1) is 0 Å². The van der Waals surface area contributed by atoms with Crippen molar-refractivity contribution in [2.75, 3.05) is 13.3 Å². The van der Waals surface area contributed by atoms with Gasteiger partial charge in [-0.05, 0) is 53.4 Å². The van der Waals surface area contributed by atoms with Crippen molar-refractivity contribution in [2.45, 2.75) is 30.8 Å². The summed E-state index contributed by atoms with van der Waals surface area (Å²) < 4.78 is 3.13. The van der Waals surface area contributed by atoms with E-state index in [1.165, 1.54) is 16.2 Å². The first-order chi connectivity index (χ1) is 9.71. The molecule has 2 aromatic rings. The van der Waals surface area contributed by atoms with Crippen LogP contribution in [0.3, 0.4) is 0 Å². The van der Waals surface area contributed by atoms with Gasteiger partial charge in [0.2, 0.25) is 0 Å². The zero-order chi connectivity index (χ0) is 14.5. The highest BCUT2D eigenvalue weighted by Crippen LogP contribution is 2.29. The van der Waals surface area contributed by atoms with Gasteiger partial charge in [-0.25, -0.2) is 0 Å². The highest BCUT2D eigenvalue weighted by atomic mass is 79.9. The monoisotopic (exact) mass is 353 g/mol. The Labute approximate surface area is 133 Å². The van der Waals surface area contributed by atoms with E-state index in [4.69, 9.17) is 0 Å². The quantitative estimate of drug-likeness (QED) is 0.793. The van der Waals surface area contributed by atoms with Crippen LogP contribution in [-0.2, 0) is 6.54 Å². The minimum atomic E-state index is 0.148. The van der Waals surface area contributed by atoms with Crippen molar-refractivity contribution in [3.05, 3.63) is 46.2 Å². The van der Waals surface area contributed by atoms with Gasteiger partial charge in [-0.15, -0.1) is 11.8 Å². The lowest BCUT2D eigenvalue weighted by Crippen LogP contribution is -2.22. The number of rotatable bonds is 6. The second-order valence-corrected chi connectivity index (χ2v) is 6.33. The lowest BCUT2D eigenvalue weighted by Gasteiger charge is -2.19. The number of thioether (sulfide) groups is 1. The van der Waals surface area contributed by atoms with Crippen LogP contribution in [0.25, 0.3) is 0 Å². The number of hydrogen-bond acceptors (Lipinski definition) is 3. The average Bonchev–Trinajstić information content (AvgIpc) is 2.83. The molecular weight excluding hydrogens is 334 g/mol. The summed E-state index contributed by atoms with van der Waals surface area (Å²) in [5.74, 6) is 0. The molecule has 20 heavy (non-hydrogen) atoms. The van der Waals surface area contributed by atoms with Gasteiger partial charge in [0.15, 0.2) is 0 Å². The lowest BCUT2D eigenvalue weighted by atomic mass is 10.0. The van der Waals surface area contributed by atoms with E-state index in [1.54, 1.807) is 11.8 Å². The number of aromatic nitrogens is 2. The number of nitrogens with one attached hydrogen (secondary N) is 1. The standard InChI is InChI=1S/C15H20BrN3S/c1-4-9-19-15(13(16)10-18-19)14(17-2)11-5-7-12(20-3)8-6-11/h5-8,10,14,17H,4,9H2,1-3H3. The van der Waals surface area contributed by atoms with Crippen LogP contribution >= 0.6 is 27.7 Å². The highest BCUT2D eigenvalue weighted by molar-refractivity contribution is 9.10. The summed E-state index contributed by atoms with van der Waals surface area (Å²) >= 11 is 5.39. The molecule has 3 nitrogen and oxygen atoms in total.